The van der Waals surface area contributed by atoms with Crippen LogP contribution in [-0.2, 0) is 16.0 Å². The summed E-state index contributed by atoms with van der Waals surface area (Å²) in [7, 11) is 0. The van der Waals surface area contributed by atoms with Crippen LogP contribution in [-0.4, -0.2) is 45.3 Å². The van der Waals surface area contributed by atoms with Crippen molar-refractivity contribution in [3.05, 3.63) is 54.1 Å². The highest BCUT2D eigenvalue weighted by Gasteiger charge is 2.19. The predicted molar refractivity (Wildman–Crippen MR) is 114 cm³/mol. The van der Waals surface area contributed by atoms with Crippen molar-refractivity contribution in [3.63, 3.8) is 0 Å². The molecule has 148 valence electrons. The summed E-state index contributed by atoms with van der Waals surface area (Å²) in [5.74, 6) is 0.0666. The summed E-state index contributed by atoms with van der Waals surface area (Å²) in [6, 6.07) is 16.7. The summed E-state index contributed by atoms with van der Waals surface area (Å²) >= 11 is 0. The first-order valence-corrected chi connectivity index (χ1v) is 10.3. The third-order valence-electron chi connectivity index (χ3n) is 5.56. The molecule has 2 aromatic carbocycles. The van der Waals surface area contributed by atoms with Crippen LogP contribution in [0.15, 0.2) is 48.5 Å². The van der Waals surface area contributed by atoms with E-state index in [1.165, 1.54) is 24.1 Å². The maximum absolute atomic E-state index is 12.7. The van der Waals surface area contributed by atoms with Gasteiger partial charge in [0.15, 0.2) is 0 Å². The van der Waals surface area contributed by atoms with Gasteiger partial charge in [0.05, 0.1) is 24.6 Å². The lowest BCUT2D eigenvalue weighted by atomic mass is 10.1. The summed E-state index contributed by atoms with van der Waals surface area (Å²) in [6.07, 6.45) is 3.72. The Balaban J connectivity index is 1.49. The van der Waals surface area contributed by atoms with Crippen molar-refractivity contribution in [2.24, 2.45) is 0 Å². The molecule has 2 heterocycles. The van der Waals surface area contributed by atoms with Crippen LogP contribution < -0.4 is 15.1 Å². The largest absolute Gasteiger partial charge is 0.378 e. The summed E-state index contributed by atoms with van der Waals surface area (Å²) in [5, 5.41) is 3.19. The van der Waals surface area contributed by atoms with Crippen molar-refractivity contribution < 1.29 is 9.53 Å². The summed E-state index contributed by atoms with van der Waals surface area (Å²) < 4.78 is 5.50. The lowest BCUT2D eigenvalue weighted by Gasteiger charge is -2.31. The smallest absolute Gasteiger partial charge is 0.224 e. The zero-order valence-electron chi connectivity index (χ0n) is 16.4. The van der Waals surface area contributed by atoms with Gasteiger partial charge in [0.2, 0.25) is 5.91 Å². The second kappa shape index (κ2) is 9.11. The number of amides is 1. The molecule has 0 aliphatic carbocycles. The van der Waals surface area contributed by atoms with Crippen LogP contribution in [0.5, 0.6) is 0 Å². The fourth-order valence-electron chi connectivity index (χ4n) is 3.99. The van der Waals surface area contributed by atoms with E-state index in [0.717, 1.165) is 57.2 Å². The summed E-state index contributed by atoms with van der Waals surface area (Å²) in [5.41, 5.74) is 4.41. The van der Waals surface area contributed by atoms with E-state index < -0.39 is 0 Å². The van der Waals surface area contributed by atoms with E-state index in [1.807, 2.05) is 18.2 Å². The van der Waals surface area contributed by atoms with Crippen LogP contribution in [0.3, 0.4) is 0 Å². The Hall–Kier alpha value is -2.53. The number of carbonyl (C=O) groups excluding carboxylic acids is 1. The number of nitrogens with one attached hydrogen (secondary N) is 1. The molecule has 0 aromatic heterocycles. The Morgan fingerprint density at radius 2 is 1.68 bits per heavy atom. The van der Waals surface area contributed by atoms with Crippen LogP contribution in [0.4, 0.5) is 17.1 Å². The van der Waals surface area contributed by atoms with E-state index in [0.29, 0.717) is 6.42 Å². The van der Waals surface area contributed by atoms with Crippen LogP contribution in [0.2, 0.25) is 0 Å². The molecule has 0 radical (unpaired) electrons. The van der Waals surface area contributed by atoms with Gasteiger partial charge in [-0.3, -0.25) is 4.79 Å². The predicted octanol–water partition coefficient (Wildman–Crippen LogP) is 3.69. The van der Waals surface area contributed by atoms with Gasteiger partial charge in [0.1, 0.15) is 0 Å². The number of rotatable bonds is 6. The van der Waals surface area contributed by atoms with Gasteiger partial charge < -0.3 is 19.9 Å². The first kappa shape index (κ1) is 18.8. The molecule has 2 saturated heterocycles. The Kier molecular flexibility index (Phi) is 6.12. The molecule has 28 heavy (non-hydrogen) atoms. The zero-order valence-corrected chi connectivity index (χ0v) is 16.4. The number of carbonyl (C=O) groups is 1. The molecule has 5 nitrogen and oxygen atoms in total. The third kappa shape index (κ3) is 4.65. The molecule has 0 spiro atoms. The van der Waals surface area contributed by atoms with Crippen LogP contribution >= 0.6 is 0 Å². The van der Waals surface area contributed by atoms with Crippen LogP contribution in [0.25, 0.3) is 0 Å². The first-order chi connectivity index (χ1) is 13.8. The molecule has 0 bridgehead atoms. The lowest BCUT2D eigenvalue weighted by molar-refractivity contribution is -0.116. The van der Waals surface area contributed by atoms with Gasteiger partial charge in [0, 0.05) is 38.3 Å². The quantitative estimate of drug-likeness (QED) is 0.831. The number of nitrogens with zero attached hydrogens (tertiary/aromatic N) is 2. The summed E-state index contributed by atoms with van der Waals surface area (Å²) in [6.45, 7) is 5.37. The first-order valence-electron chi connectivity index (χ1n) is 10.3. The van der Waals surface area contributed by atoms with E-state index in [2.05, 4.69) is 45.4 Å². The number of anilines is 3. The fraction of sp³-hybridized carbons (Fsp3) is 0.435. The second-order valence-corrected chi connectivity index (χ2v) is 7.53. The Bertz CT molecular complexity index is 782. The van der Waals surface area contributed by atoms with Gasteiger partial charge in [-0.25, -0.2) is 0 Å². The lowest BCUT2D eigenvalue weighted by Crippen LogP contribution is -2.36. The molecule has 1 N–H and O–H groups in total. The van der Waals surface area contributed by atoms with E-state index in [-0.39, 0.29) is 5.91 Å². The van der Waals surface area contributed by atoms with E-state index >= 15 is 0 Å². The number of hydrogen-bond donors (Lipinski definition) is 1. The molecule has 2 fully saturated rings. The van der Waals surface area contributed by atoms with Gasteiger partial charge in [0.25, 0.3) is 0 Å². The van der Waals surface area contributed by atoms with Crippen LogP contribution in [0, 0.1) is 0 Å². The molecular formula is C23H29N3O2. The van der Waals surface area contributed by atoms with E-state index in [9.17, 15) is 4.79 Å². The molecule has 2 aromatic rings. The van der Waals surface area contributed by atoms with E-state index in [4.69, 9.17) is 4.74 Å². The average Bonchev–Trinajstić information content (AvgIpc) is 3.29. The van der Waals surface area contributed by atoms with E-state index in [1.54, 1.807) is 0 Å². The van der Waals surface area contributed by atoms with Crippen molar-refractivity contribution in [1.82, 2.24) is 0 Å². The molecule has 1 amide bonds. The van der Waals surface area contributed by atoms with Crippen LogP contribution in [0.1, 0.15) is 24.8 Å². The molecule has 0 saturated carbocycles. The highest BCUT2D eigenvalue weighted by atomic mass is 16.5. The number of ether oxygens (including phenoxy) is 1. The molecular weight excluding hydrogens is 350 g/mol. The monoisotopic (exact) mass is 379 g/mol. The number of aryl methyl sites for hydroxylation is 1. The molecule has 0 atom stereocenters. The average molecular weight is 380 g/mol. The van der Waals surface area contributed by atoms with Crippen molar-refractivity contribution in [2.75, 3.05) is 54.5 Å². The topological polar surface area (TPSA) is 44.8 Å². The number of morpholine rings is 1. The Labute approximate surface area is 167 Å². The van der Waals surface area contributed by atoms with Gasteiger partial charge >= 0.3 is 0 Å². The minimum absolute atomic E-state index is 0.0666. The third-order valence-corrected chi connectivity index (χ3v) is 5.56. The standard InChI is InChI=1S/C23H29N3O2/c27-23(11-8-19-6-2-1-3-7-19)24-21-18-20(25-12-4-5-13-25)9-10-22(21)26-14-16-28-17-15-26/h1-3,6-7,9-10,18H,4-5,8,11-17H2,(H,24,27). The highest BCUT2D eigenvalue weighted by Crippen LogP contribution is 2.33. The number of benzene rings is 2. The maximum atomic E-state index is 12.7. The van der Waals surface area contributed by atoms with Crippen molar-refractivity contribution >= 4 is 23.0 Å². The van der Waals surface area contributed by atoms with Crippen molar-refractivity contribution in [3.8, 4) is 0 Å². The Morgan fingerprint density at radius 3 is 2.43 bits per heavy atom. The molecule has 2 aliphatic rings. The minimum atomic E-state index is 0.0666. The fourth-order valence-corrected chi connectivity index (χ4v) is 3.99. The number of hydrogen-bond acceptors (Lipinski definition) is 4. The minimum Gasteiger partial charge on any atom is -0.378 e. The summed E-state index contributed by atoms with van der Waals surface area (Å²) in [4.78, 5) is 17.4. The molecule has 5 heteroatoms. The van der Waals surface area contributed by atoms with Crippen molar-refractivity contribution in [2.45, 2.75) is 25.7 Å². The SMILES string of the molecule is O=C(CCc1ccccc1)Nc1cc(N2CCCC2)ccc1N1CCOCC1. The van der Waals surface area contributed by atoms with Gasteiger partial charge in [-0.05, 0) is 43.0 Å². The highest BCUT2D eigenvalue weighted by molar-refractivity contribution is 5.95. The van der Waals surface area contributed by atoms with Gasteiger partial charge in [-0.2, -0.15) is 0 Å². The van der Waals surface area contributed by atoms with Gasteiger partial charge in [-0.1, -0.05) is 30.3 Å². The maximum Gasteiger partial charge on any atom is 0.224 e. The normalized spacial score (nSPS) is 17.0. The van der Waals surface area contributed by atoms with Gasteiger partial charge in [-0.15, -0.1) is 0 Å². The zero-order chi connectivity index (χ0) is 19.2. The Morgan fingerprint density at radius 1 is 0.929 bits per heavy atom. The molecule has 2 aliphatic heterocycles. The van der Waals surface area contributed by atoms with Crippen molar-refractivity contribution in [1.29, 1.82) is 0 Å². The second-order valence-electron chi connectivity index (χ2n) is 7.53. The molecule has 0 unspecified atom stereocenters. The molecule has 4 rings (SSSR count).